The molecule has 0 spiro atoms. The van der Waals surface area contributed by atoms with Gasteiger partial charge in [0.05, 0.1) is 5.02 Å². The monoisotopic (exact) mass is 215 g/mol. The molecule has 0 aromatic heterocycles. The van der Waals surface area contributed by atoms with Crippen LogP contribution in [-0.4, -0.2) is 0 Å². The van der Waals surface area contributed by atoms with E-state index in [0.717, 1.165) is 5.56 Å². The van der Waals surface area contributed by atoms with E-state index >= 15 is 0 Å². The first kappa shape index (κ1) is 11.5. The second-order valence-corrected chi connectivity index (χ2v) is 4.24. The highest BCUT2D eigenvalue weighted by Gasteiger charge is 2.19. The number of rotatable bonds is 2. The van der Waals surface area contributed by atoms with Crippen LogP contribution in [0.1, 0.15) is 31.0 Å². The highest BCUT2D eigenvalue weighted by Crippen LogP contribution is 2.31. The molecule has 0 saturated carbocycles. The molecule has 1 atom stereocenters. The Morgan fingerprint density at radius 1 is 1.36 bits per heavy atom. The molecule has 0 radical (unpaired) electrons. The molecule has 0 bridgehead atoms. The third-order valence-corrected chi connectivity index (χ3v) is 2.87. The molecule has 14 heavy (non-hydrogen) atoms. The summed E-state index contributed by atoms with van der Waals surface area (Å²) in [6, 6.07) is 2.73. The van der Waals surface area contributed by atoms with Crippen molar-refractivity contribution in [3.05, 3.63) is 34.1 Å². The Morgan fingerprint density at radius 3 is 2.43 bits per heavy atom. The van der Waals surface area contributed by atoms with Crippen LogP contribution in [0.5, 0.6) is 0 Å². The van der Waals surface area contributed by atoms with Crippen LogP contribution >= 0.6 is 11.6 Å². The van der Waals surface area contributed by atoms with Crippen LogP contribution in [0.2, 0.25) is 5.02 Å². The molecular weight excluding hydrogens is 201 g/mol. The largest absolute Gasteiger partial charge is 0.324 e. The lowest BCUT2D eigenvalue weighted by atomic mass is 9.95. The van der Waals surface area contributed by atoms with Gasteiger partial charge < -0.3 is 5.73 Å². The summed E-state index contributed by atoms with van der Waals surface area (Å²) in [4.78, 5) is 0. The number of aryl methyl sites for hydroxylation is 1. The number of halogens is 2. The van der Waals surface area contributed by atoms with Crippen molar-refractivity contribution in [2.45, 2.75) is 26.8 Å². The standard InChI is InChI=1S/C11H15ClFN/c1-6(2)11(14)9-8(13)5-4-7(3)10(9)12/h4-6,11H,14H2,1-3H3/t11-/m1/s1. The lowest BCUT2D eigenvalue weighted by molar-refractivity contribution is 0.485. The maximum absolute atomic E-state index is 13.5. The van der Waals surface area contributed by atoms with E-state index < -0.39 is 0 Å². The van der Waals surface area contributed by atoms with Crippen molar-refractivity contribution >= 4 is 11.6 Å². The summed E-state index contributed by atoms with van der Waals surface area (Å²) in [6.07, 6.45) is 0. The number of benzene rings is 1. The highest BCUT2D eigenvalue weighted by molar-refractivity contribution is 6.32. The van der Waals surface area contributed by atoms with Gasteiger partial charge in [0, 0.05) is 11.6 Å². The van der Waals surface area contributed by atoms with E-state index in [4.69, 9.17) is 17.3 Å². The molecule has 0 aliphatic heterocycles. The van der Waals surface area contributed by atoms with Crippen molar-refractivity contribution in [2.24, 2.45) is 11.7 Å². The van der Waals surface area contributed by atoms with Gasteiger partial charge in [-0.2, -0.15) is 0 Å². The van der Waals surface area contributed by atoms with Crippen molar-refractivity contribution in [1.29, 1.82) is 0 Å². The SMILES string of the molecule is Cc1ccc(F)c([C@H](N)C(C)C)c1Cl. The fourth-order valence-electron chi connectivity index (χ4n) is 1.32. The first-order chi connectivity index (χ1) is 6.45. The van der Waals surface area contributed by atoms with Gasteiger partial charge in [-0.25, -0.2) is 4.39 Å². The summed E-state index contributed by atoms with van der Waals surface area (Å²) in [5.41, 5.74) is 7.18. The van der Waals surface area contributed by atoms with Crippen LogP contribution in [0, 0.1) is 18.7 Å². The quantitative estimate of drug-likeness (QED) is 0.804. The van der Waals surface area contributed by atoms with Crippen molar-refractivity contribution in [3.8, 4) is 0 Å². The Hall–Kier alpha value is -0.600. The molecule has 1 aromatic carbocycles. The molecule has 0 heterocycles. The molecule has 1 nitrogen and oxygen atoms in total. The van der Waals surface area contributed by atoms with E-state index in [9.17, 15) is 4.39 Å². The Balaban J connectivity index is 3.25. The summed E-state index contributed by atoms with van der Waals surface area (Å²) >= 11 is 6.02. The second-order valence-electron chi connectivity index (χ2n) is 3.86. The van der Waals surface area contributed by atoms with Gasteiger partial charge in [0.2, 0.25) is 0 Å². The predicted molar refractivity (Wildman–Crippen MR) is 57.9 cm³/mol. The molecule has 0 fully saturated rings. The maximum atomic E-state index is 13.5. The molecule has 78 valence electrons. The molecule has 0 aliphatic rings. The molecule has 1 aromatic rings. The average molecular weight is 216 g/mol. The molecular formula is C11H15ClFN. The Kier molecular flexibility index (Phi) is 3.51. The predicted octanol–water partition coefficient (Wildman–Crippen LogP) is 3.44. The Labute approximate surface area is 89.1 Å². The topological polar surface area (TPSA) is 26.0 Å². The van der Waals surface area contributed by atoms with Gasteiger partial charge in [-0.1, -0.05) is 31.5 Å². The van der Waals surface area contributed by atoms with Gasteiger partial charge in [0.15, 0.2) is 0 Å². The van der Waals surface area contributed by atoms with Crippen LogP contribution in [0.25, 0.3) is 0 Å². The van der Waals surface area contributed by atoms with Crippen LogP contribution in [0.15, 0.2) is 12.1 Å². The van der Waals surface area contributed by atoms with Gasteiger partial charge in [0.25, 0.3) is 0 Å². The average Bonchev–Trinajstić information content (AvgIpc) is 2.12. The summed E-state index contributed by atoms with van der Waals surface area (Å²) < 4.78 is 13.5. The zero-order chi connectivity index (χ0) is 10.9. The van der Waals surface area contributed by atoms with Gasteiger partial charge >= 0.3 is 0 Å². The van der Waals surface area contributed by atoms with Gasteiger partial charge in [-0.15, -0.1) is 0 Å². The van der Waals surface area contributed by atoms with E-state index in [1.807, 2.05) is 20.8 Å². The second kappa shape index (κ2) is 4.28. The first-order valence-electron chi connectivity index (χ1n) is 4.65. The Bertz CT molecular complexity index is 336. The summed E-state index contributed by atoms with van der Waals surface area (Å²) in [6.45, 7) is 5.74. The maximum Gasteiger partial charge on any atom is 0.129 e. The van der Waals surface area contributed by atoms with Gasteiger partial charge in [0.1, 0.15) is 5.82 Å². The van der Waals surface area contributed by atoms with Crippen LogP contribution in [0.3, 0.4) is 0 Å². The van der Waals surface area contributed by atoms with Crippen molar-refractivity contribution in [1.82, 2.24) is 0 Å². The van der Waals surface area contributed by atoms with E-state index in [1.165, 1.54) is 6.07 Å². The third-order valence-electron chi connectivity index (χ3n) is 2.37. The number of nitrogens with two attached hydrogens (primary N) is 1. The zero-order valence-electron chi connectivity index (χ0n) is 8.64. The third kappa shape index (κ3) is 2.07. The highest BCUT2D eigenvalue weighted by atomic mass is 35.5. The minimum atomic E-state index is -0.345. The lowest BCUT2D eigenvalue weighted by Gasteiger charge is -2.19. The molecule has 0 saturated heterocycles. The lowest BCUT2D eigenvalue weighted by Crippen LogP contribution is -2.19. The summed E-state index contributed by atoms with van der Waals surface area (Å²) in [7, 11) is 0. The number of hydrogen-bond donors (Lipinski definition) is 1. The van der Waals surface area contributed by atoms with Crippen molar-refractivity contribution in [3.63, 3.8) is 0 Å². The van der Waals surface area contributed by atoms with E-state index in [0.29, 0.717) is 10.6 Å². The molecule has 0 unspecified atom stereocenters. The molecule has 1 rings (SSSR count). The van der Waals surface area contributed by atoms with E-state index in [2.05, 4.69) is 0 Å². The van der Waals surface area contributed by atoms with Crippen LogP contribution in [-0.2, 0) is 0 Å². The van der Waals surface area contributed by atoms with E-state index in [-0.39, 0.29) is 17.8 Å². The minimum absolute atomic E-state index is 0.170. The molecule has 2 N–H and O–H groups in total. The normalized spacial score (nSPS) is 13.4. The Morgan fingerprint density at radius 2 is 1.93 bits per heavy atom. The molecule has 3 heteroatoms. The first-order valence-corrected chi connectivity index (χ1v) is 5.03. The molecule has 0 aliphatic carbocycles. The fourth-order valence-corrected chi connectivity index (χ4v) is 1.60. The van der Waals surface area contributed by atoms with Gasteiger partial charge in [-0.05, 0) is 24.5 Å². The van der Waals surface area contributed by atoms with Crippen LogP contribution in [0.4, 0.5) is 4.39 Å². The molecule has 0 amide bonds. The van der Waals surface area contributed by atoms with Crippen molar-refractivity contribution < 1.29 is 4.39 Å². The minimum Gasteiger partial charge on any atom is -0.324 e. The zero-order valence-corrected chi connectivity index (χ0v) is 9.40. The smallest absolute Gasteiger partial charge is 0.129 e. The van der Waals surface area contributed by atoms with Gasteiger partial charge in [-0.3, -0.25) is 0 Å². The number of hydrogen-bond acceptors (Lipinski definition) is 1. The summed E-state index contributed by atoms with van der Waals surface area (Å²) in [5, 5.41) is 0.450. The summed E-state index contributed by atoms with van der Waals surface area (Å²) in [5.74, 6) is -0.148. The fraction of sp³-hybridized carbons (Fsp3) is 0.455. The van der Waals surface area contributed by atoms with E-state index in [1.54, 1.807) is 6.07 Å². The van der Waals surface area contributed by atoms with Crippen molar-refractivity contribution in [2.75, 3.05) is 0 Å². The van der Waals surface area contributed by atoms with Crippen LogP contribution < -0.4 is 5.73 Å².